The standard InChI is InChI=1S/C29H34ClFN6O5/c1-21(39)37(32-18-23-9-6-10-25(31)29(23)30)24(11-12-28(40)35-15-13-34(2)14-16-35)19-41-36(20-38)27-17-26(42-33-27)22-7-4-3-5-8-22/h3-10,17,20,24,32H,11-16,18-19H2,1-2H3/t24-/m0/s1. The highest BCUT2D eigenvalue weighted by Crippen LogP contribution is 2.24. The fraction of sp³-hybridized carbons (Fsp3) is 0.379. The summed E-state index contributed by atoms with van der Waals surface area (Å²) in [5.41, 5.74) is 4.21. The topological polar surface area (TPSA) is 111 Å². The molecule has 0 radical (unpaired) electrons. The third kappa shape index (κ3) is 8.13. The molecule has 1 aromatic heterocycles. The van der Waals surface area contributed by atoms with Gasteiger partial charge in [-0.2, -0.15) is 5.06 Å². The van der Waals surface area contributed by atoms with Crippen molar-refractivity contribution in [1.29, 1.82) is 0 Å². The van der Waals surface area contributed by atoms with E-state index in [0.717, 1.165) is 23.7 Å². The molecule has 2 heterocycles. The first kappa shape index (κ1) is 31.1. The number of nitrogens with zero attached hydrogens (tertiary/aromatic N) is 5. The minimum Gasteiger partial charge on any atom is -0.354 e. The van der Waals surface area contributed by atoms with Crippen LogP contribution < -0.4 is 10.5 Å². The summed E-state index contributed by atoms with van der Waals surface area (Å²) in [5, 5.41) is 6.11. The number of hydrogen-bond acceptors (Lipinski definition) is 8. The number of rotatable bonds is 13. The number of amides is 3. The van der Waals surface area contributed by atoms with E-state index in [1.807, 2.05) is 37.4 Å². The van der Waals surface area contributed by atoms with Crippen LogP contribution in [-0.2, 0) is 25.8 Å². The van der Waals surface area contributed by atoms with Gasteiger partial charge in [-0.3, -0.25) is 24.2 Å². The quantitative estimate of drug-likeness (QED) is 0.234. The molecule has 3 amide bonds. The van der Waals surface area contributed by atoms with Gasteiger partial charge >= 0.3 is 0 Å². The van der Waals surface area contributed by atoms with Gasteiger partial charge in [0.1, 0.15) is 5.82 Å². The Morgan fingerprint density at radius 3 is 2.60 bits per heavy atom. The lowest BCUT2D eigenvalue weighted by Crippen LogP contribution is -2.52. The van der Waals surface area contributed by atoms with Crippen molar-refractivity contribution in [2.75, 3.05) is 44.9 Å². The van der Waals surface area contributed by atoms with Gasteiger partial charge in [0.15, 0.2) is 5.76 Å². The van der Waals surface area contributed by atoms with E-state index in [9.17, 15) is 18.8 Å². The first-order chi connectivity index (χ1) is 20.3. The molecule has 0 saturated carbocycles. The lowest BCUT2D eigenvalue weighted by molar-refractivity contribution is -0.140. The van der Waals surface area contributed by atoms with Crippen molar-refractivity contribution in [3.05, 3.63) is 71.0 Å². The smallest absolute Gasteiger partial charge is 0.239 e. The van der Waals surface area contributed by atoms with Crippen LogP contribution in [0.2, 0.25) is 5.02 Å². The van der Waals surface area contributed by atoms with E-state index >= 15 is 0 Å². The third-order valence-electron chi connectivity index (χ3n) is 7.01. The molecule has 1 N–H and O–H groups in total. The Morgan fingerprint density at radius 2 is 1.90 bits per heavy atom. The Labute approximate surface area is 248 Å². The second-order valence-electron chi connectivity index (χ2n) is 9.96. The lowest BCUT2D eigenvalue weighted by atomic mass is 10.1. The van der Waals surface area contributed by atoms with Gasteiger partial charge in [-0.05, 0) is 25.1 Å². The fourth-order valence-electron chi connectivity index (χ4n) is 4.57. The summed E-state index contributed by atoms with van der Waals surface area (Å²) in [7, 11) is 2.01. The first-order valence-electron chi connectivity index (χ1n) is 13.6. The van der Waals surface area contributed by atoms with Crippen molar-refractivity contribution in [2.24, 2.45) is 0 Å². The fourth-order valence-corrected chi connectivity index (χ4v) is 4.76. The molecule has 3 aromatic rings. The summed E-state index contributed by atoms with van der Waals surface area (Å²) in [5.74, 6) is -0.430. The van der Waals surface area contributed by atoms with E-state index in [1.165, 1.54) is 24.1 Å². The molecule has 0 spiro atoms. The van der Waals surface area contributed by atoms with Crippen LogP contribution in [-0.4, -0.2) is 84.1 Å². The van der Waals surface area contributed by atoms with E-state index in [1.54, 1.807) is 17.0 Å². The van der Waals surface area contributed by atoms with Crippen LogP contribution >= 0.6 is 11.6 Å². The molecule has 224 valence electrons. The normalized spacial score (nSPS) is 14.4. The Morgan fingerprint density at radius 1 is 1.17 bits per heavy atom. The minimum atomic E-state index is -0.686. The molecule has 11 nitrogen and oxygen atoms in total. The zero-order valence-electron chi connectivity index (χ0n) is 23.5. The molecular weight excluding hydrogens is 567 g/mol. The predicted molar refractivity (Wildman–Crippen MR) is 154 cm³/mol. The molecule has 0 aliphatic carbocycles. The third-order valence-corrected chi connectivity index (χ3v) is 7.43. The molecule has 1 fully saturated rings. The Bertz CT molecular complexity index is 1350. The number of anilines is 1. The van der Waals surface area contributed by atoms with Crippen LogP contribution in [0.15, 0.2) is 59.1 Å². The SMILES string of the molecule is CC(=O)N(NCc1cccc(F)c1Cl)[C@@H](CCC(=O)N1CCN(C)CC1)CON(C=O)c1cc(-c2ccccc2)on1. The number of hydrogen-bond donors (Lipinski definition) is 1. The number of halogens is 2. The molecule has 42 heavy (non-hydrogen) atoms. The van der Waals surface area contributed by atoms with Crippen molar-refractivity contribution < 1.29 is 28.1 Å². The maximum Gasteiger partial charge on any atom is 0.239 e. The predicted octanol–water partition coefficient (Wildman–Crippen LogP) is 3.50. The van der Waals surface area contributed by atoms with Gasteiger partial charge in [-0.25, -0.2) is 9.82 Å². The van der Waals surface area contributed by atoms with Gasteiger partial charge in [0.2, 0.25) is 24.0 Å². The number of hydroxylamine groups is 1. The molecule has 2 aromatic carbocycles. The van der Waals surface area contributed by atoms with Crippen LogP contribution in [0.4, 0.5) is 10.2 Å². The van der Waals surface area contributed by atoms with Crippen LogP contribution in [0.3, 0.4) is 0 Å². The summed E-state index contributed by atoms with van der Waals surface area (Å²) in [4.78, 5) is 47.5. The van der Waals surface area contributed by atoms with Crippen LogP contribution in [0, 0.1) is 5.82 Å². The zero-order valence-corrected chi connectivity index (χ0v) is 24.3. The highest BCUT2D eigenvalue weighted by Gasteiger charge is 2.27. The molecular formula is C29H34ClFN6O5. The number of benzene rings is 2. The molecule has 1 saturated heterocycles. The maximum absolute atomic E-state index is 14.0. The van der Waals surface area contributed by atoms with Crippen molar-refractivity contribution in [3.8, 4) is 11.3 Å². The maximum atomic E-state index is 14.0. The second kappa shape index (κ2) is 14.9. The number of nitrogens with one attached hydrogen (secondary N) is 1. The summed E-state index contributed by atoms with van der Waals surface area (Å²) in [6.45, 7) is 4.05. The first-order valence-corrected chi connectivity index (χ1v) is 14.0. The van der Waals surface area contributed by atoms with E-state index in [-0.39, 0.29) is 48.6 Å². The number of hydrazine groups is 1. The van der Waals surface area contributed by atoms with Crippen molar-refractivity contribution in [2.45, 2.75) is 32.4 Å². The zero-order chi connectivity index (χ0) is 30.1. The Hall–Kier alpha value is -3.84. The average Bonchev–Trinajstić information content (AvgIpc) is 3.48. The molecule has 4 rings (SSSR count). The number of carbonyl (C=O) groups excluding carboxylic acids is 3. The van der Waals surface area contributed by atoms with Gasteiger partial charge in [-0.1, -0.05) is 59.2 Å². The highest BCUT2D eigenvalue weighted by molar-refractivity contribution is 6.31. The molecule has 0 unspecified atom stereocenters. The molecule has 1 atom stereocenters. The molecule has 1 aliphatic rings. The molecule has 13 heteroatoms. The highest BCUT2D eigenvalue weighted by atomic mass is 35.5. The van der Waals surface area contributed by atoms with E-state index in [4.69, 9.17) is 21.0 Å². The van der Waals surface area contributed by atoms with Gasteiger partial charge in [0.25, 0.3) is 0 Å². The Kier molecular flexibility index (Phi) is 11.0. The van der Waals surface area contributed by atoms with Crippen molar-refractivity contribution in [1.82, 2.24) is 25.4 Å². The van der Waals surface area contributed by atoms with Gasteiger partial charge in [0, 0.05) is 57.7 Å². The van der Waals surface area contributed by atoms with Crippen molar-refractivity contribution >= 4 is 35.6 Å². The Balaban J connectivity index is 1.48. The minimum absolute atomic E-state index is 0.0407. The number of likely N-dealkylation sites (N-methyl/N-ethyl adjacent to an activating group) is 1. The summed E-state index contributed by atoms with van der Waals surface area (Å²) >= 11 is 6.11. The number of carbonyl (C=O) groups is 3. The van der Waals surface area contributed by atoms with Gasteiger partial charge in [-0.15, -0.1) is 0 Å². The van der Waals surface area contributed by atoms with Gasteiger partial charge < -0.3 is 14.3 Å². The summed E-state index contributed by atoms with van der Waals surface area (Å²) in [6.07, 6.45) is 0.819. The van der Waals surface area contributed by atoms with Crippen molar-refractivity contribution in [3.63, 3.8) is 0 Å². The number of piperazine rings is 1. The monoisotopic (exact) mass is 600 g/mol. The van der Waals surface area contributed by atoms with E-state index < -0.39 is 11.9 Å². The summed E-state index contributed by atoms with van der Waals surface area (Å²) < 4.78 is 19.4. The second-order valence-corrected chi connectivity index (χ2v) is 10.3. The molecule has 0 bridgehead atoms. The van der Waals surface area contributed by atoms with Gasteiger partial charge in [0.05, 0.1) is 17.7 Å². The van der Waals surface area contributed by atoms with E-state index in [0.29, 0.717) is 30.8 Å². The van der Waals surface area contributed by atoms with Crippen LogP contribution in [0.5, 0.6) is 0 Å². The van der Waals surface area contributed by atoms with E-state index in [2.05, 4.69) is 15.5 Å². The number of aromatic nitrogens is 1. The molecule has 1 aliphatic heterocycles. The van der Waals surface area contributed by atoms with Crippen LogP contribution in [0.1, 0.15) is 25.3 Å². The lowest BCUT2D eigenvalue weighted by Gasteiger charge is -2.34. The largest absolute Gasteiger partial charge is 0.354 e. The summed E-state index contributed by atoms with van der Waals surface area (Å²) in [6, 6.07) is 14.5. The van der Waals surface area contributed by atoms with Crippen LogP contribution in [0.25, 0.3) is 11.3 Å². The average molecular weight is 601 g/mol.